The third kappa shape index (κ3) is 1.90. The SMILES string of the molecule is Cc1cc2c3c(c1)N1c4c(cccc4C(C)(C)C1(C)C)B3c1cccc3c1N2C(C)(C)C3(C)C. The Hall–Kier alpha value is -2.68. The molecule has 4 aliphatic rings. The molecule has 4 aliphatic heterocycles. The first-order chi connectivity index (χ1) is 15.8. The van der Waals surface area contributed by atoms with Crippen molar-refractivity contribution in [2.75, 3.05) is 9.80 Å². The lowest BCUT2D eigenvalue weighted by atomic mass is 9.33. The second kappa shape index (κ2) is 5.59. The monoisotopic (exact) mass is 446 g/mol. The van der Waals surface area contributed by atoms with Crippen molar-refractivity contribution in [3.8, 4) is 0 Å². The van der Waals surface area contributed by atoms with Gasteiger partial charge in [-0.2, -0.15) is 0 Å². The number of anilines is 4. The van der Waals surface area contributed by atoms with Crippen molar-refractivity contribution in [1.82, 2.24) is 0 Å². The first-order valence-corrected chi connectivity index (χ1v) is 12.9. The van der Waals surface area contributed by atoms with Gasteiger partial charge in [-0.3, -0.25) is 0 Å². The minimum atomic E-state index is -0.0279. The fraction of sp³-hybridized carbons (Fsp3) is 0.419. The summed E-state index contributed by atoms with van der Waals surface area (Å²) in [6, 6.07) is 19.1. The van der Waals surface area contributed by atoms with Crippen LogP contribution >= 0.6 is 0 Å². The molecule has 0 fully saturated rings. The van der Waals surface area contributed by atoms with Gasteiger partial charge in [-0.25, -0.2) is 0 Å². The highest BCUT2D eigenvalue weighted by atomic mass is 15.3. The Morgan fingerprint density at radius 3 is 1.44 bits per heavy atom. The molecule has 34 heavy (non-hydrogen) atoms. The van der Waals surface area contributed by atoms with Crippen LogP contribution in [-0.4, -0.2) is 17.8 Å². The fourth-order valence-electron chi connectivity index (χ4n) is 7.62. The molecule has 0 spiro atoms. The molecule has 0 aromatic heterocycles. The summed E-state index contributed by atoms with van der Waals surface area (Å²) >= 11 is 0. The average Bonchev–Trinajstić information content (AvgIpc) is 3.03. The van der Waals surface area contributed by atoms with Crippen LogP contribution < -0.4 is 26.2 Å². The number of hydrogen-bond donors (Lipinski definition) is 0. The number of benzene rings is 3. The van der Waals surface area contributed by atoms with Crippen molar-refractivity contribution < 1.29 is 0 Å². The summed E-state index contributed by atoms with van der Waals surface area (Å²) < 4.78 is 0. The summed E-state index contributed by atoms with van der Waals surface area (Å²) in [5.41, 5.74) is 14.5. The third-order valence-electron chi connectivity index (χ3n) is 10.8. The van der Waals surface area contributed by atoms with Crippen molar-refractivity contribution in [3.05, 3.63) is 65.2 Å². The normalized spacial score (nSPS) is 22.4. The van der Waals surface area contributed by atoms with Crippen molar-refractivity contribution in [2.24, 2.45) is 0 Å². The van der Waals surface area contributed by atoms with Crippen LogP contribution in [-0.2, 0) is 10.8 Å². The van der Waals surface area contributed by atoms with Gasteiger partial charge in [0.2, 0.25) is 0 Å². The Labute approximate surface area is 205 Å². The molecule has 0 radical (unpaired) electrons. The van der Waals surface area contributed by atoms with E-state index in [0.717, 1.165) is 0 Å². The largest absolute Gasteiger partial charge is 0.336 e. The molecule has 0 bridgehead atoms. The van der Waals surface area contributed by atoms with Crippen molar-refractivity contribution in [3.63, 3.8) is 0 Å². The molecule has 3 heteroatoms. The van der Waals surface area contributed by atoms with Crippen LogP contribution in [0.15, 0.2) is 48.5 Å². The molecule has 3 aromatic rings. The molecule has 3 aromatic carbocycles. The van der Waals surface area contributed by atoms with Gasteiger partial charge < -0.3 is 9.80 Å². The Kier molecular flexibility index (Phi) is 3.40. The van der Waals surface area contributed by atoms with Crippen LogP contribution in [0.5, 0.6) is 0 Å². The first-order valence-electron chi connectivity index (χ1n) is 12.9. The van der Waals surface area contributed by atoms with E-state index in [-0.39, 0.29) is 28.6 Å². The van der Waals surface area contributed by atoms with Gasteiger partial charge in [0.1, 0.15) is 0 Å². The lowest BCUT2D eigenvalue weighted by Gasteiger charge is -2.50. The van der Waals surface area contributed by atoms with Gasteiger partial charge >= 0.3 is 0 Å². The third-order valence-corrected chi connectivity index (χ3v) is 10.8. The summed E-state index contributed by atoms with van der Waals surface area (Å²) in [5, 5.41) is 0. The second-order valence-corrected chi connectivity index (χ2v) is 13.2. The number of aryl methyl sites for hydroxylation is 1. The molecule has 0 atom stereocenters. The number of hydrogen-bond acceptors (Lipinski definition) is 2. The van der Waals surface area contributed by atoms with E-state index in [1.54, 1.807) is 0 Å². The van der Waals surface area contributed by atoms with Gasteiger partial charge in [-0.15, -0.1) is 0 Å². The van der Waals surface area contributed by atoms with Crippen LogP contribution in [0, 0.1) is 6.92 Å². The van der Waals surface area contributed by atoms with Crippen LogP contribution in [0.3, 0.4) is 0 Å². The van der Waals surface area contributed by atoms with E-state index in [1.165, 1.54) is 55.8 Å². The van der Waals surface area contributed by atoms with Crippen LogP contribution in [0.2, 0.25) is 0 Å². The maximum atomic E-state index is 2.70. The second-order valence-electron chi connectivity index (χ2n) is 13.2. The maximum Gasteiger partial charge on any atom is 0.252 e. The zero-order chi connectivity index (χ0) is 24.2. The topological polar surface area (TPSA) is 6.48 Å². The van der Waals surface area contributed by atoms with E-state index in [2.05, 4.69) is 121 Å². The highest BCUT2D eigenvalue weighted by Gasteiger charge is 2.60. The van der Waals surface area contributed by atoms with Gasteiger partial charge in [0.15, 0.2) is 0 Å². The number of rotatable bonds is 0. The van der Waals surface area contributed by atoms with Crippen molar-refractivity contribution in [1.29, 1.82) is 0 Å². The lowest BCUT2D eigenvalue weighted by molar-refractivity contribution is 0.329. The molecule has 7 rings (SSSR count). The van der Waals surface area contributed by atoms with Crippen molar-refractivity contribution in [2.45, 2.75) is 84.2 Å². The van der Waals surface area contributed by atoms with E-state index >= 15 is 0 Å². The smallest absolute Gasteiger partial charge is 0.252 e. The minimum absolute atomic E-state index is 0.0279. The van der Waals surface area contributed by atoms with Crippen LogP contribution in [0.25, 0.3) is 0 Å². The van der Waals surface area contributed by atoms with E-state index in [4.69, 9.17) is 0 Å². The summed E-state index contributed by atoms with van der Waals surface area (Å²) in [4.78, 5) is 5.39. The van der Waals surface area contributed by atoms with E-state index in [1.807, 2.05) is 0 Å². The molecule has 2 nitrogen and oxygen atoms in total. The summed E-state index contributed by atoms with van der Waals surface area (Å²) in [6.45, 7) is 22.0. The maximum absolute atomic E-state index is 2.70. The average molecular weight is 446 g/mol. The quantitative estimate of drug-likeness (QED) is 0.418. The minimum Gasteiger partial charge on any atom is -0.336 e. The van der Waals surface area contributed by atoms with E-state index < -0.39 is 0 Å². The van der Waals surface area contributed by atoms with E-state index in [9.17, 15) is 0 Å². The lowest BCUT2D eigenvalue weighted by Crippen LogP contribution is -2.65. The van der Waals surface area contributed by atoms with Crippen LogP contribution in [0.1, 0.15) is 72.1 Å². The predicted octanol–water partition coefficient (Wildman–Crippen LogP) is 5.55. The Morgan fingerprint density at radius 1 is 0.618 bits per heavy atom. The molecule has 4 heterocycles. The zero-order valence-corrected chi connectivity index (χ0v) is 22.1. The zero-order valence-electron chi connectivity index (χ0n) is 22.1. The molecular formula is C31H35BN2. The molecular weight excluding hydrogens is 411 g/mol. The van der Waals surface area contributed by atoms with Gasteiger partial charge in [0.25, 0.3) is 6.71 Å². The number of para-hydroxylation sites is 2. The Bertz CT molecular complexity index is 1340. The number of nitrogens with zero attached hydrogens (tertiary/aromatic N) is 2. The highest BCUT2D eigenvalue weighted by molar-refractivity contribution is 7.00. The molecule has 0 amide bonds. The summed E-state index contributed by atoms with van der Waals surface area (Å²) in [7, 11) is 0. The highest BCUT2D eigenvalue weighted by Crippen LogP contribution is 2.59. The van der Waals surface area contributed by atoms with E-state index in [0.29, 0.717) is 0 Å². The fourth-order valence-corrected chi connectivity index (χ4v) is 7.62. The van der Waals surface area contributed by atoms with Crippen LogP contribution in [0.4, 0.5) is 22.7 Å². The van der Waals surface area contributed by atoms with Gasteiger partial charge in [-0.1, -0.05) is 64.1 Å². The molecule has 0 saturated heterocycles. The molecule has 0 N–H and O–H groups in total. The van der Waals surface area contributed by atoms with Gasteiger partial charge in [-0.05, 0) is 79.8 Å². The molecule has 0 aliphatic carbocycles. The Morgan fingerprint density at radius 2 is 1.03 bits per heavy atom. The van der Waals surface area contributed by atoms with Gasteiger partial charge in [0, 0.05) is 44.7 Å². The molecule has 172 valence electrons. The number of fused-ring (bicyclic) bond motifs is 4. The summed E-state index contributed by atoms with van der Waals surface area (Å²) in [5.74, 6) is 0. The first kappa shape index (κ1) is 20.7. The standard InChI is InChI=1S/C31H35BN2/c1-18-16-23-25-24(17-18)34-27-20(29(4,5)31(34,8)9)13-11-15-22(27)32(25)21-14-10-12-19-26(21)33(23)30(6,7)28(19,2)3/h10-17H,1-9H3. The van der Waals surface area contributed by atoms with Crippen molar-refractivity contribution >= 4 is 45.9 Å². The molecule has 0 saturated carbocycles. The summed E-state index contributed by atoms with van der Waals surface area (Å²) in [6.07, 6.45) is 0. The van der Waals surface area contributed by atoms with Gasteiger partial charge in [0.05, 0.1) is 0 Å². The predicted molar refractivity (Wildman–Crippen MR) is 147 cm³/mol. The Balaban J connectivity index is 1.68. The molecule has 0 unspecified atom stereocenters.